The zero-order valence-electron chi connectivity index (χ0n) is 17.9. The van der Waals surface area contributed by atoms with Gasteiger partial charge >= 0.3 is 0 Å². The van der Waals surface area contributed by atoms with Crippen LogP contribution in [0.4, 0.5) is 5.69 Å². The Morgan fingerprint density at radius 3 is 2.45 bits per heavy atom. The fourth-order valence-corrected chi connectivity index (χ4v) is 6.00. The molecule has 3 rings (SSSR count). The Morgan fingerprint density at radius 1 is 1.19 bits per heavy atom. The highest BCUT2D eigenvalue weighted by atomic mass is 35.5. The molecule has 7 nitrogen and oxygen atoms in total. The molecule has 2 amide bonds. The number of sulfonamides is 1. The highest BCUT2D eigenvalue weighted by Crippen LogP contribution is 2.36. The SMILES string of the molecule is CN(C)C(CNC(=O)c1cccc(N2C(=O)C(C)(C)CS2(=O)=O)c1)c1ccccc1Cl. The highest BCUT2D eigenvalue weighted by Gasteiger charge is 2.49. The lowest BCUT2D eigenvalue weighted by atomic mass is 9.95. The molecule has 1 aliphatic rings. The maximum Gasteiger partial charge on any atom is 0.251 e. The maximum absolute atomic E-state index is 12.8. The average Bonchev–Trinajstić information content (AvgIpc) is 2.85. The van der Waals surface area contributed by atoms with Gasteiger partial charge in [-0.1, -0.05) is 35.9 Å². The van der Waals surface area contributed by atoms with Crippen molar-refractivity contribution in [2.75, 3.05) is 30.7 Å². The second-order valence-corrected chi connectivity index (χ2v) is 10.7. The van der Waals surface area contributed by atoms with Crippen molar-refractivity contribution in [2.24, 2.45) is 5.41 Å². The van der Waals surface area contributed by atoms with Crippen LogP contribution >= 0.6 is 11.6 Å². The first-order valence-corrected chi connectivity index (χ1v) is 11.8. The summed E-state index contributed by atoms with van der Waals surface area (Å²) < 4.78 is 25.9. The van der Waals surface area contributed by atoms with Gasteiger partial charge in [0.25, 0.3) is 5.91 Å². The van der Waals surface area contributed by atoms with Crippen molar-refractivity contribution in [3.8, 4) is 0 Å². The first-order chi connectivity index (χ1) is 14.4. The normalized spacial score (nSPS) is 18.3. The van der Waals surface area contributed by atoms with Crippen LogP contribution in [0.15, 0.2) is 48.5 Å². The lowest BCUT2D eigenvalue weighted by molar-refractivity contribution is -0.123. The summed E-state index contributed by atoms with van der Waals surface area (Å²) in [5, 5.41) is 3.49. The number of likely N-dealkylation sites (N-methyl/N-ethyl adjacent to an activating group) is 1. The van der Waals surface area contributed by atoms with Crippen molar-refractivity contribution >= 4 is 39.1 Å². The number of benzene rings is 2. The van der Waals surface area contributed by atoms with Crippen molar-refractivity contribution in [1.29, 1.82) is 0 Å². The highest BCUT2D eigenvalue weighted by molar-refractivity contribution is 7.94. The number of nitrogens with zero attached hydrogens (tertiary/aromatic N) is 2. The molecule has 0 aliphatic carbocycles. The third-order valence-electron chi connectivity index (χ3n) is 5.27. The fraction of sp³-hybridized carbons (Fsp3) is 0.364. The molecule has 2 aromatic carbocycles. The van der Waals surface area contributed by atoms with Gasteiger partial charge in [-0.25, -0.2) is 12.7 Å². The van der Waals surface area contributed by atoms with Crippen molar-refractivity contribution < 1.29 is 18.0 Å². The van der Waals surface area contributed by atoms with E-state index in [1.54, 1.807) is 32.0 Å². The third kappa shape index (κ3) is 4.76. The van der Waals surface area contributed by atoms with Crippen molar-refractivity contribution in [3.05, 3.63) is 64.7 Å². The number of hydrogen-bond acceptors (Lipinski definition) is 5. The van der Waals surface area contributed by atoms with Crippen LogP contribution in [0.5, 0.6) is 0 Å². The largest absolute Gasteiger partial charge is 0.350 e. The zero-order valence-corrected chi connectivity index (χ0v) is 19.5. The van der Waals surface area contributed by atoms with Crippen LogP contribution in [-0.4, -0.2) is 51.5 Å². The predicted octanol–water partition coefficient (Wildman–Crippen LogP) is 3.08. The van der Waals surface area contributed by atoms with E-state index in [9.17, 15) is 18.0 Å². The van der Waals surface area contributed by atoms with E-state index in [2.05, 4.69) is 5.32 Å². The number of nitrogens with one attached hydrogen (secondary N) is 1. The standard InChI is InChI=1S/C22H26ClN3O4S/c1-22(2)14-31(29,30)26(21(22)28)16-9-7-8-15(12-16)20(27)24-13-19(25(3)4)17-10-5-6-11-18(17)23/h5-12,19H,13-14H2,1-4H3,(H,24,27). The molecule has 0 spiro atoms. The van der Waals surface area contributed by atoms with E-state index < -0.39 is 21.3 Å². The van der Waals surface area contributed by atoms with Gasteiger partial charge in [0.2, 0.25) is 15.9 Å². The van der Waals surface area contributed by atoms with Gasteiger partial charge in [0, 0.05) is 17.1 Å². The quantitative estimate of drug-likeness (QED) is 0.711. The number of anilines is 1. The van der Waals surface area contributed by atoms with Crippen LogP contribution in [0.25, 0.3) is 0 Å². The zero-order chi connectivity index (χ0) is 23.0. The second-order valence-electron chi connectivity index (χ2n) is 8.47. The minimum atomic E-state index is -3.79. The summed E-state index contributed by atoms with van der Waals surface area (Å²) in [6.07, 6.45) is 0. The summed E-state index contributed by atoms with van der Waals surface area (Å²) in [6, 6.07) is 13.4. The monoisotopic (exact) mass is 463 g/mol. The van der Waals surface area contributed by atoms with Crippen LogP contribution in [0.3, 0.4) is 0 Å². The molecule has 1 atom stereocenters. The van der Waals surface area contributed by atoms with E-state index in [0.29, 0.717) is 11.6 Å². The summed E-state index contributed by atoms with van der Waals surface area (Å²) in [7, 11) is 0.00399. The average molecular weight is 464 g/mol. The molecule has 1 unspecified atom stereocenters. The predicted molar refractivity (Wildman–Crippen MR) is 122 cm³/mol. The molecule has 1 saturated heterocycles. The van der Waals surface area contributed by atoms with E-state index in [0.717, 1.165) is 9.87 Å². The summed E-state index contributed by atoms with van der Waals surface area (Å²) in [5.41, 5.74) is 0.310. The van der Waals surface area contributed by atoms with Gasteiger partial charge in [-0.05, 0) is 57.8 Å². The number of amides is 2. The van der Waals surface area contributed by atoms with Crippen LogP contribution in [0, 0.1) is 5.41 Å². The minimum absolute atomic E-state index is 0.151. The first-order valence-electron chi connectivity index (χ1n) is 9.80. The number of carbonyl (C=O) groups is 2. The molecule has 1 aliphatic heterocycles. The molecule has 0 radical (unpaired) electrons. The molecule has 1 N–H and O–H groups in total. The fourth-order valence-electron chi connectivity index (χ4n) is 3.64. The third-order valence-corrected chi connectivity index (χ3v) is 7.63. The smallest absolute Gasteiger partial charge is 0.251 e. The maximum atomic E-state index is 12.8. The summed E-state index contributed by atoms with van der Waals surface area (Å²) in [4.78, 5) is 27.4. The van der Waals surface area contributed by atoms with Crippen molar-refractivity contribution in [1.82, 2.24) is 10.2 Å². The van der Waals surface area contributed by atoms with Gasteiger partial charge in [-0.15, -0.1) is 0 Å². The topological polar surface area (TPSA) is 86.8 Å². The summed E-state index contributed by atoms with van der Waals surface area (Å²) in [6.45, 7) is 3.49. The molecule has 1 fully saturated rings. The van der Waals surface area contributed by atoms with E-state index >= 15 is 0 Å². The van der Waals surface area contributed by atoms with Crippen molar-refractivity contribution in [3.63, 3.8) is 0 Å². The van der Waals surface area contributed by atoms with E-state index in [-0.39, 0.29) is 29.0 Å². The van der Waals surface area contributed by atoms with Gasteiger partial charge in [0.05, 0.1) is 22.9 Å². The van der Waals surface area contributed by atoms with Gasteiger partial charge in [-0.2, -0.15) is 0 Å². The number of halogens is 1. The Bertz CT molecular complexity index is 1120. The van der Waals surface area contributed by atoms with E-state index in [1.807, 2.05) is 37.2 Å². The Morgan fingerprint density at radius 2 is 1.87 bits per heavy atom. The van der Waals surface area contributed by atoms with Crippen LogP contribution in [0.1, 0.15) is 35.8 Å². The van der Waals surface area contributed by atoms with Gasteiger partial charge in [0.15, 0.2) is 0 Å². The number of carbonyl (C=O) groups excluding carboxylic acids is 2. The Kier molecular flexibility index (Phi) is 6.45. The molecule has 166 valence electrons. The minimum Gasteiger partial charge on any atom is -0.350 e. The molecule has 2 aromatic rings. The molecule has 9 heteroatoms. The molecular weight excluding hydrogens is 438 g/mol. The van der Waals surface area contributed by atoms with Gasteiger partial charge < -0.3 is 10.2 Å². The molecule has 0 saturated carbocycles. The van der Waals surface area contributed by atoms with Crippen LogP contribution in [0.2, 0.25) is 5.02 Å². The second kappa shape index (κ2) is 8.61. The lowest BCUT2D eigenvalue weighted by Gasteiger charge is -2.26. The molecular formula is C22H26ClN3O4S. The molecule has 31 heavy (non-hydrogen) atoms. The number of hydrogen-bond donors (Lipinski definition) is 1. The molecule has 0 aromatic heterocycles. The Balaban J connectivity index is 1.81. The van der Waals surface area contributed by atoms with Crippen LogP contribution in [-0.2, 0) is 14.8 Å². The molecule has 0 bridgehead atoms. The lowest BCUT2D eigenvalue weighted by Crippen LogP contribution is -2.35. The Labute approximate surface area is 188 Å². The van der Waals surface area contributed by atoms with Gasteiger partial charge in [0.1, 0.15) is 0 Å². The van der Waals surface area contributed by atoms with E-state index in [1.165, 1.54) is 12.1 Å². The summed E-state index contributed by atoms with van der Waals surface area (Å²) >= 11 is 6.32. The summed E-state index contributed by atoms with van der Waals surface area (Å²) in [5.74, 6) is -1.14. The van der Waals surface area contributed by atoms with Gasteiger partial charge in [-0.3, -0.25) is 9.59 Å². The van der Waals surface area contributed by atoms with Crippen molar-refractivity contribution in [2.45, 2.75) is 19.9 Å². The Hall–Kier alpha value is -2.42. The molecule has 1 heterocycles. The first kappa shape index (κ1) is 23.2. The number of rotatable bonds is 6. The van der Waals surface area contributed by atoms with Crippen LogP contribution < -0.4 is 9.62 Å². The van der Waals surface area contributed by atoms with E-state index in [4.69, 9.17) is 11.6 Å².